The largest absolute Gasteiger partial charge is 1.00 e. The van der Waals surface area contributed by atoms with Gasteiger partial charge in [0.15, 0.2) is 0 Å². The molecule has 0 spiro atoms. The Hall–Kier alpha value is -0.360. The molecule has 0 saturated heterocycles. The maximum atomic E-state index is 10.6. The summed E-state index contributed by atoms with van der Waals surface area (Å²) in [5, 5.41) is 0. The maximum absolute atomic E-state index is 10.6. The molecule has 0 bridgehead atoms. The average molecular weight is 733 g/mol. The Kier molecular flexibility index (Phi) is 41.9. The molecule has 1 atom stereocenters. The first-order chi connectivity index (χ1) is 23.4. The van der Waals surface area contributed by atoms with Crippen molar-refractivity contribution in [2.75, 3.05) is 119 Å². The quantitative estimate of drug-likeness (QED) is 0.0574. The van der Waals surface area contributed by atoms with Crippen LogP contribution in [0.1, 0.15) is 64.4 Å². The molecule has 0 aromatic heterocycles. The van der Waals surface area contributed by atoms with Crippen molar-refractivity contribution in [3.05, 3.63) is 29.8 Å². The summed E-state index contributed by atoms with van der Waals surface area (Å²) in [5.74, 6) is 3.77. The van der Waals surface area contributed by atoms with Crippen LogP contribution in [-0.2, 0) is 58.6 Å². The Morgan fingerprint density at radius 2 is 1.04 bits per heavy atom. The second kappa shape index (κ2) is 40.4. The molecule has 14 heteroatoms. The SMILES string of the molecule is C=S(=O)([O-])OCCOCCOCCOCCOCCOCCOC.CCCCCCCCc1cccc(OCCOCCOCCC)c1.[Na+]. The number of rotatable bonds is 35. The van der Waals surface area contributed by atoms with Crippen LogP contribution in [0.3, 0.4) is 0 Å². The van der Waals surface area contributed by atoms with Crippen molar-refractivity contribution in [3.8, 4) is 5.75 Å². The summed E-state index contributed by atoms with van der Waals surface area (Å²) in [6, 6.07) is 8.47. The Balaban J connectivity index is 0. The van der Waals surface area contributed by atoms with E-state index in [0.29, 0.717) is 92.5 Å². The van der Waals surface area contributed by atoms with E-state index < -0.39 is 10.1 Å². The minimum absolute atomic E-state index is 0. The molecule has 284 valence electrons. The fraction of sp³-hybridized carbons (Fsp3) is 0.800. The van der Waals surface area contributed by atoms with E-state index in [9.17, 15) is 8.76 Å². The van der Waals surface area contributed by atoms with E-state index in [1.165, 1.54) is 44.1 Å². The van der Waals surface area contributed by atoms with Crippen LogP contribution >= 0.6 is 0 Å². The smallest absolute Gasteiger partial charge is 0.757 e. The fourth-order valence-electron chi connectivity index (χ4n) is 3.93. The standard InChI is InChI=1S/C21H36O3.C14H30O9S.Na/c1-3-5-6-7-8-9-11-20-12-10-13-21(19-20)24-18-17-23-16-15-22-14-4-2;1-17-3-4-18-5-6-19-7-8-20-9-10-21-11-12-22-13-14-23-24(2,15)16;/h10,12-13,19H,3-9,11,14-18H2,1-2H3;2-14H2,1H3,(H,15,16);/q;;+1/p-1. The van der Waals surface area contributed by atoms with Crippen LogP contribution in [0, 0.1) is 0 Å². The summed E-state index contributed by atoms with van der Waals surface area (Å²) in [4.78, 5) is 0. The van der Waals surface area contributed by atoms with Crippen LogP contribution < -0.4 is 34.3 Å². The van der Waals surface area contributed by atoms with Gasteiger partial charge in [-0.05, 0) is 42.8 Å². The predicted octanol–water partition coefficient (Wildman–Crippen LogP) is 1.91. The monoisotopic (exact) mass is 732 g/mol. The molecule has 0 amide bonds. The summed E-state index contributed by atoms with van der Waals surface area (Å²) in [7, 11) is -2.02. The summed E-state index contributed by atoms with van der Waals surface area (Å²) < 4.78 is 73.2. The van der Waals surface area contributed by atoms with E-state index in [2.05, 4.69) is 42.1 Å². The first kappa shape index (κ1) is 50.7. The van der Waals surface area contributed by atoms with Gasteiger partial charge in [-0.15, -0.1) is 0 Å². The number of ether oxygens (including phenoxy) is 9. The molecule has 0 aliphatic heterocycles. The zero-order chi connectivity index (χ0) is 35.2. The second-order valence-electron chi connectivity index (χ2n) is 10.7. The third-order valence-electron chi connectivity index (χ3n) is 6.34. The topological polar surface area (TPSA) is 132 Å². The van der Waals surface area contributed by atoms with E-state index in [-0.39, 0.29) is 42.8 Å². The van der Waals surface area contributed by atoms with E-state index in [4.69, 9.17) is 42.6 Å². The molecule has 0 aliphatic carbocycles. The molecule has 49 heavy (non-hydrogen) atoms. The van der Waals surface area contributed by atoms with Crippen LogP contribution in [0.2, 0.25) is 0 Å². The molecular formula is C35H65NaO12S. The Morgan fingerprint density at radius 3 is 1.53 bits per heavy atom. The molecule has 0 aliphatic rings. The van der Waals surface area contributed by atoms with Crippen molar-refractivity contribution in [3.63, 3.8) is 0 Å². The number of hydrogen-bond donors (Lipinski definition) is 0. The summed E-state index contributed by atoms with van der Waals surface area (Å²) in [5.41, 5.74) is 1.37. The minimum Gasteiger partial charge on any atom is -0.757 e. The predicted molar refractivity (Wildman–Crippen MR) is 189 cm³/mol. The van der Waals surface area contributed by atoms with Gasteiger partial charge in [0.25, 0.3) is 0 Å². The number of hydrogen-bond acceptors (Lipinski definition) is 12. The van der Waals surface area contributed by atoms with E-state index in [1.807, 2.05) is 6.07 Å². The Labute approximate surface area is 319 Å². The van der Waals surface area contributed by atoms with Crippen LogP contribution in [0.15, 0.2) is 24.3 Å². The van der Waals surface area contributed by atoms with Gasteiger partial charge in [-0.3, -0.25) is 4.21 Å². The molecule has 0 radical (unpaired) electrons. The van der Waals surface area contributed by atoms with Crippen LogP contribution in [0.5, 0.6) is 5.75 Å². The number of unbranched alkanes of at least 4 members (excludes halogenated alkanes) is 5. The second-order valence-corrected chi connectivity index (χ2v) is 12.0. The van der Waals surface area contributed by atoms with Gasteiger partial charge in [0, 0.05) is 23.8 Å². The Bertz CT molecular complexity index is 895. The molecule has 0 heterocycles. The molecule has 1 unspecified atom stereocenters. The van der Waals surface area contributed by atoms with E-state index in [1.54, 1.807) is 7.11 Å². The van der Waals surface area contributed by atoms with E-state index in [0.717, 1.165) is 25.2 Å². The van der Waals surface area contributed by atoms with Gasteiger partial charge < -0.3 is 51.4 Å². The van der Waals surface area contributed by atoms with Crippen LogP contribution in [0.25, 0.3) is 0 Å². The van der Waals surface area contributed by atoms with Crippen molar-refractivity contribution in [1.82, 2.24) is 0 Å². The number of benzene rings is 1. The summed E-state index contributed by atoms with van der Waals surface area (Å²) in [6.07, 6.45) is 10.2. The van der Waals surface area contributed by atoms with E-state index >= 15 is 0 Å². The number of aryl methyl sites for hydroxylation is 1. The molecule has 1 rings (SSSR count). The normalized spacial score (nSPS) is 12.2. The van der Waals surface area contributed by atoms with Gasteiger partial charge >= 0.3 is 29.6 Å². The minimum atomic E-state index is -3.65. The zero-order valence-corrected chi connectivity index (χ0v) is 33.8. The molecule has 1 aromatic carbocycles. The van der Waals surface area contributed by atoms with Gasteiger partial charge in [0.1, 0.15) is 12.4 Å². The molecule has 0 N–H and O–H groups in total. The van der Waals surface area contributed by atoms with Crippen molar-refractivity contribution in [1.29, 1.82) is 0 Å². The van der Waals surface area contributed by atoms with Crippen LogP contribution in [0.4, 0.5) is 0 Å². The number of methoxy groups -OCH3 is 1. The first-order valence-corrected chi connectivity index (χ1v) is 19.0. The fourth-order valence-corrected chi connectivity index (χ4v) is 4.25. The van der Waals surface area contributed by atoms with Gasteiger partial charge in [0.05, 0.1) is 99.1 Å². The molecule has 0 fully saturated rings. The Morgan fingerprint density at radius 1 is 0.592 bits per heavy atom. The third kappa shape index (κ3) is 41.9. The maximum Gasteiger partial charge on any atom is 1.00 e. The molecular weight excluding hydrogens is 667 g/mol. The molecule has 1 aromatic rings. The van der Waals surface area contributed by atoms with Gasteiger partial charge in [0.2, 0.25) is 0 Å². The average Bonchev–Trinajstić information content (AvgIpc) is 3.07. The summed E-state index contributed by atoms with van der Waals surface area (Å²) >= 11 is 0. The first-order valence-electron chi connectivity index (χ1n) is 17.4. The zero-order valence-electron chi connectivity index (χ0n) is 31.0. The third-order valence-corrected chi connectivity index (χ3v) is 6.87. The van der Waals surface area contributed by atoms with Gasteiger partial charge in [-0.2, -0.15) is 0 Å². The van der Waals surface area contributed by atoms with Crippen LogP contribution in [-0.4, -0.2) is 134 Å². The van der Waals surface area contributed by atoms with Crippen molar-refractivity contribution >= 4 is 16.0 Å². The summed E-state index contributed by atoms with van der Waals surface area (Å²) in [6.45, 7) is 12.7. The molecule has 12 nitrogen and oxygen atoms in total. The van der Waals surface area contributed by atoms with Crippen molar-refractivity contribution in [2.45, 2.75) is 65.2 Å². The van der Waals surface area contributed by atoms with Gasteiger partial charge in [-0.25, -0.2) is 0 Å². The van der Waals surface area contributed by atoms with Crippen molar-refractivity contribution in [2.24, 2.45) is 0 Å². The van der Waals surface area contributed by atoms with Gasteiger partial charge in [-0.1, -0.05) is 58.1 Å². The molecule has 0 saturated carbocycles. The van der Waals surface area contributed by atoms with Crippen molar-refractivity contribution < 1.29 is 85.1 Å².